The van der Waals surface area contributed by atoms with E-state index in [-0.39, 0.29) is 0 Å². The van der Waals surface area contributed by atoms with Crippen LogP contribution < -0.4 is 5.73 Å². The van der Waals surface area contributed by atoms with Gasteiger partial charge in [0, 0.05) is 0 Å². The van der Waals surface area contributed by atoms with Gasteiger partial charge in [-0.3, -0.25) is 0 Å². The van der Waals surface area contributed by atoms with Crippen LogP contribution in [0.25, 0.3) is 0 Å². The van der Waals surface area contributed by atoms with E-state index in [9.17, 15) is 0 Å². The van der Waals surface area contributed by atoms with Crippen molar-refractivity contribution < 1.29 is 0 Å². The van der Waals surface area contributed by atoms with Crippen LogP contribution in [0, 0.1) is 11.3 Å². The molecule has 2 rings (SSSR count). The predicted octanol–water partition coefficient (Wildman–Crippen LogP) is 1.85. The van der Waals surface area contributed by atoms with E-state index in [2.05, 4.69) is 11.8 Å². The molecule has 82 valence electrons. The Balaban J connectivity index is 1.66. The summed E-state index contributed by atoms with van der Waals surface area (Å²) in [4.78, 5) is 2.63. The summed E-state index contributed by atoms with van der Waals surface area (Å²) < 4.78 is 0. The molecule has 14 heavy (non-hydrogen) atoms. The van der Waals surface area contributed by atoms with Gasteiger partial charge in [-0.25, -0.2) is 0 Å². The average molecular weight is 196 g/mol. The Morgan fingerprint density at radius 3 is 2.43 bits per heavy atom. The van der Waals surface area contributed by atoms with E-state index >= 15 is 0 Å². The van der Waals surface area contributed by atoms with Crippen molar-refractivity contribution in [2.45, 2.75) is 39.0 Å². The summed E-state index contributed by atoms with van der Waals surface area (Å²) in [6, 6.07) is 0. The Morgan fingerprint density at radius 2 is 1.93 bits per heavy atom. The first kappa shape index (κ1) is 10.4. The SMILES string of the molecule is CC1(CN)CCN(CCC2CC2)CC1. The molecule has 2 aliphatic rings. The van der Waals surface area contributed by atoms with E-state index in [1.54, 1.807) is 0 Å². The van der Waals surface area contributed by atoms with E-state index < -0.39 is 0 Å². The first-order valence-corrected chi connectivity index (χ1v) is 6.14. The molecule has 0 aromatic rings. The van der Waals surface area contributed by atoms with Gasteiger partial charge in [-0.05, 0) is 56.8 Å². The maximum atomic E-state index is 5.80. The number of hydrogen-bond donors (Lipinski definition) is 1. The van der Waals surface area contributed by atoms with Crippen molar-refractivity contribution in [1.82, 2.24) is 4.90 Å². The Hall–Kier alpha value is -0.0800. The monoisotopic (exact) mass is 196 g/mol. The summed E-state index contributed by atoms with van der Waals surface area (Å²) in [7, 11) is 0. The van der Waals surface area contributed by atoms with Gasteiger partial charge in [0.1, 0.15) is 0 Å². The Kier molecular flexibility index (Phi) is 3.13. The molecule has 0 aromatic heterocycles. The summed E-state index contributed by atoms with van der Waals surface area (Å²) >= 11 is 0. The van der Waals surface area contributed by atoms with Crippen molar-refractivity contribution >= 4 is 0 Å². The van der Waals surface area contributed by atoms with Crippen molar-refractivity contribution in [3.05, 3.63) is 0 Å². The van der Waals surface area contributed by atoms with E-state index in [1.807, 2.05) is 0 Å². The van der Waals surface area contributed by atoms with Crippen molar-refractivity contribution in [2.24, 2.45) is 17.1 Å². The van der Waals surface area contributed by atoms with Crippen molar-refractivity contribution in [1.29, 1.82) is 0 Å². The lowest BCUT2D eigenvalue weighted by molar-refractivity contribution is 0.122. The maximum absolute atomic E-state index is 5.80. The summed E-state index contributed by atoms with van der Waals surface area (Å²) in [5, 5.41) is 0. The second kappa shape index (κ2) is 4.19. The normalized spacial score (nSPS) is 27.9. The van der Waals surface area contributed by atoms with Gasteiger partial charge in [-0.15, -0.1) is 0 Å². The molecule has 1 aliphatic heterocycles. The first-order valence-electron chi connectivity index (χ1n) is 6.14. The molecule has 2 fully saturated rings. The largest absolute Gasteiger partial charge is 0.330 e. The molecule has 2 N–H and O–H groups in total. The number of rotatable bonds is 4. The van der Waals surface area contributed by atoms with Gasteiger partial charge < -0.3 is 10.6 Å². The summed E-state index contributed by atoms with van der Waals surface area (Å²) in [5.74, 6) is 1.08. The topological polar surface area (TPSA) is 29.3 Å². The molecule has 0 amide bonds. The van der Waals surface area contributed by atoms with Crippen molar-refractivity contribution in [3.8, 4) is 0 Å². The molecule has 1 aliphatic carbocycles. The quantitative estimate of drug-likeness (QED) is 0.743. The highest BCUT2D eigenvalue weighted by Gasteiger charge is 2.29. The number of piperidine rings is 1. The van der Waals surface area contributed by atoms with Gasteiger partial charge in [-0.2, -0.15) is 0 Å². The average Bonchev–Trinajstić information content (AvgIpc) is 3.01. The van der Waals surface area contributed by atoms with Crippen LogP contribution in [0.15, 0.2) is 0 Å². The van der Waals surface area contributed by atoms with E-state index in [0.717, 1.165) is 12.5 Å². The van der Waals surface area contributed by atoms with Crippen molar-refractivity contribution in [3.63, 3.8) is 0 Å². The molecule has 1 saturated heterocycles. The lowest BCUT2D eigenvalue weighted by Crippen LogP contribution is -2.42. The molecule has 0 aromatic carbocycles. The van der Waals surface area contributed by atoms with E-state index in [0.29, 0.717) is 5.41 Å². The molecule has 1 heterocycles. The Labute approximate surface area is 87.8 Å². The number of hydrogen-bond acceptors (Lipinski definition) is 2. The minimum atomic E-state index is 0.441. The fraction of sp³-hybridized carbons (Fsp3) is 1.00. The van der Waals surface area contributed by atoms with Gasteiger partial charge in [0.25, 0.3) is 0 Å². The molecule has 0 spiro atoms. The predicted molar refractivity (Wildman–Crippen MR) is 60.2 cm³/mol. The molecule has 1 saturated carbocycles. The molecule has 0 atom stereocenters. The van der Waals surface area contributed by atoms with Gasteiger partial charge in [-0.1, -0.05) is 19.8 Å². The van der Waals surface area contributed by atoms with Crippen LogP contribution in [0.1, 0.15) is 39.0 Å². The van der Waals surface area contributed by atoms with Gasteiger partial charge >= 0.3 is 0 Å². The van der Waals surface area contributed by atoms with Crippen LogP contribution in [0.4, 0.5) is 0 Å². The van der Waals surface area contributed by atoms with Crippen LogP contribution in [0.5, 0.6) is 0 Å². The van der Waals surface area contributed by atoms with Gasteiger partial charge in [0.15, 0.2) is 0 Å². The first-order chi connectivity index (χ1) is 6.72. The number of likely N-dealkylation sites (tertiary alicyclic amines) is 1. The highest BCUT2D eigenvalue weighted by molar-refractivity contribution is 4.84. The third-order valence-electron chi connectivity index (χ3n) is 4.11. The van der Waals surface area contributed by atoms with Crippen LogP contribution in [0.3, 0.4) is 0 Å². The molecule has 0 unspecified atom stereocenters. The third kappa shape index (κ3) is 2.71. The standard InChI is InChI=1S/C12H24N2/c1-12(10-13)5-8-14(9-6-12)7-4-11-2-3-11/h11H,2-10,13H2,1H3. The van der Waals surface area contributed by atoms with E-state index in [4.69, 9.17) is 5.73 Å². The van der Waals surface area contributed by atoms with Crippen LogP contribution in [0.2, 0.25) is 0 Å². The van der Waals surface area contributed by atoms with Crippen molar-refractivity contribution in [2.75, 3.05) is 26.2 Å². The molecule has 0 radical (unpaired) electrons. The van der Waals surface area contributed by atoms with Crippen LogP contribution in [-0.2, 0) is 0 Å². The lowest BCUT2D eigenvalue weighted by Gasteiger charge is -2.38. The summed E-state index contributed by atoms with van der Waals surface area (Å²) in [6.07, 6.45) is 7.03. The van der Waals surface area contributed by atoms with E-state index in [1.165, 1.54) is 51.7 Å². The van der Waals surface area contributed by atoms with Gasteiger partial charge in [0.05, 0.1) is 0 Å². The number of nitrogens with two attached hydrogens (primary N) is 1. The zero-order chi connectivity index (χ0) is 10.0. The van der Waals surface area contributed by atoms with Crippen LogP contribution in [-0.4, -0.2) is 31.1 Å². The molecule has 2 nitrogen and oxygen atoms in total. The highest BCUT2D eigenvalue weighted by atomic mass is 15.1. The second-order valence-electron chi connectivity index (χ2n) is 5.59. The third-order valence-corrected chi connectivity index (χ3v) is 4.11. The second-order valence-corrected chi connectivity index (χ2v) is 5.59. The fourth-order valence-electron chi connectivity index (χ4n) is 2.29. The van der Waals surface area contributed by atoms with Crippen LogP contribution >= 0.6 is 0 Å². The van der Waals surface area contributed by atoms with Gasteiger partial charge in [0.2, 0.25) is 0 Å². The molecule has 0 bridgehead atoms. The number of nitrogens with zero attached hydrogens (tertiary/aromatic N) is 1. The zero-order valence-electron chi connectivity index (χ0n) is 9.47. The maximum Gasteiger partial charge on any atom is -0.00131 e. The minimum Gasteiger partial charge on any atom is -0.330 e. The fourth-order valence-corrected chi connectivity index (χ4v) is 2.29. The Bertz CT molecular complexity index is 179. The smallest absolute Gasteiger partial charge is 0.00131 e. The summed E-state index contributed by atoms with van der Waals surface area (Å²) in [6.45, 7) is 7.10. The highest BCUT2D eigenvalue weighted by Crippen LogP contribution is 2.34. The summed E-state index contributed by atoms with van der Waals surface area (Å²) in [5.41, 5.74) is 6.24. The lowest BCUT2D eigenvalue weighted by atomic mass is 9.80. The Morgan fingerprint density at radius 1 is 1.29 bits per heavy atom. The molecular formula is C12H24N2. The minimum absolute atomic E-state index is 0.441. The zero-order valence-corrected chi connectivity index (χ0v) is 9.47. The molecular weight excluding hydrogens is 172 g/mol. The molecule has 2 heteroatoms.